The van der Waals surface area contributed by atoms with Gasteiger partial charge in [0.05, 0.1) is 11.4 Å². The Bertz CT molecular complexity index is 2880. The van der Waals surface area contributed by atoms with E-state index in [1.807, 2.05) is 12.1 Å². The lowest BCUT2D eigenvalue weighted by atomic mass is 9.68. The van der Waals surface area contributed by atoms with E-state index in [9.17, 15) is 0 Å². The lowest BCUT2D eigenvalue weighted by Crippen LogP contribution is -2.27. The highest BCUT2D eigenvalue weighted by Crippen LogP contribution is 2.56. The summed E-state index contributed by atoms with van der Waals surface area (Å²) in [6, 6.07) is 60.8. The quantitative estimate of drug-likeness (QED) is 0.179. The van der Waals surface area contributed by atoms with E-state index in [0.717, 1.165) is 55.6 Å². The molecular formula is C52H38N2O. The van der Waals surface area contributed by atoms with Crippen LogP contribution >= 0.6 is 0 Å². The van der Waals surface area contributed by atoms with Crippen molar-refractivity contribution in [1.29, 1.82) is 0 Å². The van der Waals surface area contributed by atoms with Crippen LogP contribution in [0.15, 0.2) is 174 Å². The average Bonchev–Trinajstić information content (AvgIpc) is 3.77. The molecule has 2 aliphatic rings. The fourth-order valence-electron chi connectivity index (χ4n) is 9.43. The number of rotatable bonds is 5. The molecule has 0 atom stereocenters. The van der Waals surface area contributed by atoms with Gasteiger partial charge in [-0.2, -0.15) is 0 Å². The van der Waals surface area contributed by atoms with E-state index in [1.54, 1.807) is 0 Å². The lowest BCUT2D eigenvalue weighted by molar-refractivity contribution is 0.353. The summed E-state index contributed by atoms with van der Waals surface area (Å²) in [5, 5.41) is 2.18. The molecule has 7 aromatic carbocycles. The molecule has 3 nitrogen and oxygen atoms in total. The van der Waals surface area contributed by atoms with Gasteiger partial charge in [0, 0.05) is 38.4 Å². The molecule has 11 rings (SSSR count). The molecular weight excluding hydrogens is 669 g/mol. The van der Waals surface area contributed by atoms with Gasteiger partial charge in [-0.25, -0.2) is 9.97 Å². The van der Waals surface area contributed by atoms with Crippen LogP contribution in [0, 0.1) is 0 Å². The Hall–Kier alpha value is -6.58. The minimum atomic E-state index is 0.150. The van der Waals surface area contributed by atoms with Crippen molar-refractivity contribution in [3.8, 4) is 67.3 Å². The third-order valence-corrected chi connectivity index (χ3v) is 12.1. The Kier molecular flexibility index (Phi) is 7.41. The number of benzene rings is 7. The van der Waals surface area contributed by atoms with E-state index in [1.165, 1.54) is 71.0 Å². The average molecular weight is 707 g/mol. The van der Waals surface area contributed by atoms with Crippen LogP contribution in [0.1, 0.15) is 43.2 Å². The topological polar surface area (TPSA) is 38.9 Å². The minimum Gasteiger partial charge on any atom is -0.455 e. The fourth-order valence-corrected chi connectivity index (χ4v) is 9.43. The maximum absolute atomic E-state index is 6.73. The molecule has 9 aromatic rings. The molecule has 0 saturated heterocycles. The maximum Gasteiger partial charge on any atom is 0.160 e. The monoisotopic (exact) mass is 706 g/mol. The van der Waals surface area contributed by atoms with Gasteiger partial charge in [-0.1, -0.05) is 159 Å². The highest BCUT2D eigenvalue weighted by molar-refractivity contribution is 6.10. The molecule has 1 saturated carbocycles. The van der Waals surface area contributed by atoms with E-state index >= 15 is 0 Å². The molecule has 0 N–H and O–H groups in total. The molecule has 2 aliphatic carbocycles. The van der Waals surface area contributed by atoms with E-state index in [-0.39, 0.29) is 5.41 Å². The molecule has 0 aliphatic heterocycles. The SMILES string of the molecule is c1ccc(-c2ccc(-c3nc(-c4ccccc4)cc(-c4ccc5oc6c(-c7ccc8c(c7)-c7ccccc7C87CCCCC7)cccc6c5c4)n3)cc2)cc1. The Balaban J connectivity index is 1.01. The molecule has 55 heavy (non-hydrogen) atoms. The van der Waals surface area contributed by atoms with Crippen LogP contribution < -0.4 is 0 Å². The minimum absolute atomic E-state index is 0.150. The third-order valence-electron chi connectivity index (χ3n) is 12.1. The zero-order chi connectivity index (χ0) is 36.3. The van der Waals surface area contributed by atoms with E-state index in [4.69, 9.17) is 14.4 Å². The van der Waals surface area contributed by atoms with Gasteiger partial charge in [0.15, 0.2) is 5.82 Å². The summed E-state index contributed by atoms with van der Waals surface area (Å²) in [7, 11) is 0. The highest BCUT2D eigenvalue weighted by Gasteiger charge is 2.43. The molecule has 0 radical (unpaired) electrons. The van der Waals surface area contributed by atoms with Crippen molar-refractivity contribution in [3.63, 3.8) is 0 Å². The van der Waals surface area contributed by atoms with Crippen LogP contribution in [0.3, 0.4) is 0 Å². The zero-order valence-corrected chi connectivity index (χ0v) is 30.5. The van der Waals surface area contributed by atoms with E-state index < -0.39 is 0 Å². The second-order valence-electron chi connectivity index (χ2n) is 15.2. The molecule has 262 valence electrons. The second kappa shape index (κ2) is 12.8. The summed E-state index contributed by atoms with van der Waals surface area (Å²) in [4.78, 5) is 10.3. The highest BCUT2D eigenvalue weighted by atomic mass is 16.3. The molecule has 0 amide bonds. The van der Waals surface area contributed by atoms with Crippen molar-refractivity contribution in [2.24, 2.45) is 0 Å². The normalized spacial score (nSPS) is 14.3. The van der Waals surface area contributed by atoms with Crippen molar-refractivity contribution < 1.29 is 4.42 Å². The van der Waals surface area contributed by atoms with Crippen molar-refractivity contribution in [3.05, 3.63) is 181 Å². The number of furan rings is 1. The van der Waals surface area contributed by atoms with Gasteiger partial charge in [-0.15, -0.1) is 0 Å². The number of fused-ring (bicyclic) bond motifs is 8. The van der Waals surface area contributed by atoms with Crippen molar-refractivity contribution in [2.75, 3.05) is 0 Å². The molecule has 1 fully saturated rings. The van der Waals surface area contributed by atoms with Gasteiger partial charge in [0.2, 0.25) is 0 Å². The van der Waals surface area contributed by atoms with Gasteiger partial charge < -0.3 is 4.42 Å². The van der Waals surface area contributed by atoms with Crippen LogP contribution in [-0.4, -0.2) is 9.97 Å². The van der Waals surface area contributed by atoms with Crippen LogP contribution in [0.2, 0.25) is 0 Å². The second-order valence-corrected chi connectivity index (χ2v) is 15.2. The third kappa shape index (κ3) is 5.26. The zero-order valence-electron chi connectivity index (χ0n) is 30.5. The number of para-hydroxylation sites is 1. The summed E-state index contributed by atoms with van der Waals surface area (Å²) < 4.78 is 6.73. The number of hydrogen-bond donors (Lipinski definition) is 0. The number of hydrogen-bond acceptors (Lipinski definition) is 3. The smallest absolute Gasteiger partial charge is 0.160 e. The predicted octanol–water partition coefficient (Wildman–Crippen LogP) is 13.9. The van der Waals surface area contributed by atoms with Crippen molar-refractivity contribution in [2.45, 2.75) is 37.5 Å². The van der Waals surface area contributed by atoms with Gasteiger partial charge in [-0.3, -0.25) is 0 Å². The van der Waals surface area contributed by atoms with Crippen molar-refractivity contribution >= 4 is 21.9 Å². The number of nitrogens with zero attached hydrogens (tertiary/aromatic N) is 2. The summed E-state index contributed by atoms with van der Waals surface area (Å²) in [6.45, 7) is 0. The van der Waals surface area contributed by atoms with Gasteiger partial charge in [-0.05, 0) is 82.1 Å². The van der Waals surface area contributed by atoms with E-state index in [0.29, 0.717) is 5.82 Å². The van der Waals surface area contributed by atoms with Crippen LogP contribution in [0.5, 0.6) is 0 Å². The van der Waals surface area contributed by atoms with Gasteiger partial charge in [0.25, 0.3) is 0 Å². The van der Waals surface area contributed by atoms with Gasteiger partial charge >= 0.3 is 0 Å². The fraction of sp³-hybridized carbons (Fsp3) is 0.115. The first-order chi connectivity index (χ1) is 27.2. The first kappa shape index (κ1) is 31.9. The summed E-state index contributed by atoms with van der Waals surface area (Å²) in [5.74, 6) is 0.698. The summed E-state index contributed by atoms with van der Waals surface area (Å²) in [6.07, 6.45) is 6.39. The standard InChI is InChI=1S/C52H38N2O/c1-4-13-34(14-5-1)35-21-23-37(24-22-35)51-53-47(36-15-6-2-7-16-36)33-48(54-51)39-26-28-49-44(32-39)42-19-12-18-40(50(42)55-49)38-25-27-46-43(31-38)41-17-8-9-20-45(41)52(46)29-10-3-11-30-52/h1-2,4-9,12-28,31-33H,3,10-11,29-30H2. The van der Waals surface area contributed by atoms with Crippen LogP contribution in [0.4, 0.5) is 0 Å². The molecule has 0 bridgehead atoms. The Morgan fingerprint density at radius 2 is 1.02 bits per heavy atom. The summed E-state index contributed by atoms with van der Waals surface area (Å²) >= 11 is 0. The van der Waals surface area contributed by atoms with Crippen LogP contribution in [-0.2, 0) is 5.41 Å². The van der Waals surface area contributed by atoms with Crippen molar-refractivity contribution in [1.82, 2.24) is 9.97 Å². The lowest BCUT2D eigenvalue weighted by Gasteiger charge is -2.36. The predicted molar refractivity (Wildman–Crippen MR) is 226 cm³/mol. The molecule has 2 aromatic heterocycles. The summed E-state index contributed by atoms with van der Waals surface area (Å²) in [5.41, 5.74) is 17.2. The van der Waals surface area contributed by atoms with E-state index in [2.05, 4.69) is 158 Å². The Labute approximate surface area is 321 Å². The molecule has 1 spiro atoms. The van der Waals surface area contributed by atoms with Crippen LogP contribution in [0.25, 0.3) is 89.2 Å². The number of aromatic nitrogens is 2. The van der Waals surface area contributed by atoms with Gasteiger partial charge in [0.1, 0.15) is 11.2 Å². The largest absolute Gasteiger partial charge is 0.455 e. The first-order valence-corrected chi connectivity index (χ1v) is 19.5. The Morgan fingerprint density at radius 3 is 1.82 bits per heavy atom. The molecule has 3 heteroatoms. The maximum atomic E-state index is 6.73. The Morgan fingerprint density at radius 1 is 0.400 bits per heavy atom. The first-order valence-electron chi connectivity index (χ1n) is 19.5. The molecule has 2 heterocycles. The molecule has 0 unspecified atom stereocenters.